The molecule has 0 amide bonds. The zero-order valence-corrected chi connectivity index (χ0v) is 12.1. The van der Waals surface area contributed by atoms with Gasteiger partial charge >= 0.3 is 0 Å². The van der Waals surface area contributed by atoms with Crippen LogP contribution in [-0.2, 0) is 0 Å². The standard InChI is InChI=1S/C15H22N4O/c1-3-4-5-6-10(2)17-15-18-13-8-7-11(16)9-12(13)14(20)19-15/h7-10H,3-6,16H2,1-2H3,(H2,17,18,19,20). The van der Waals surface area contributed by atoms with Crippen LogP contribution in [-0.4, -0.2) is 16.0 Å². The molecular formula is C15H22N4O. The molecule has 20 heavy (non-hydrogen) atoms. The summed E-state index contributed by atoms with van der Waals surface area (Å²) >= 11 is 0. The fourth-order valence-corrected chi connectivity index (χ4v) is 2.23. The number of hydrogen-bond donors (Lipinski definition) is 3. The second kappa shape index (κ2) is 6.41. The first kappa shape index (κ1) is 14.4. The highest BCUT2D eigenvalue weighted by Crippen LogP contribution is 2.14. The minimum absolute atomic E-state index is 0.162. The first-order chi connectivity index (χ1) is 9.60. The van der Waals surface area contributed by atoms with Crippen LogP contribution in [0, 0.1) is 0 Å². The van der Waals surface area contributed by atoms with E-state index in [1.807, 2.05) is 0 Å². The number of H-pyrrole nitrogens is 1. The van der Waals surface area contributed by atoms with E-state index >= 15 is 0 Å². The summed E-state index contributed by atoms with van der Waals surface area (Å²) in [6.07, 6.45) is 4.68. The zero-order chi connectivity index (χ0) is 14.5. The molecule has 1 aromatic carbocycles. The molecule has 2 rings (SSSR count). The maximum Gasteiger partial charge on any atom is 0.260 e. The molecule has 1 heterocycles. The zero-order valence-electron chi connectivity index (χ0n) is 12.1. The molecule has 0 saturated carbocycles. The van der Waals surface area contributed by atoms with Crippen LogP contribution in [0.5, 0.6) is 0 Å². The molecule has 1 aromatic heterocycles. The molecule has 0 bridgehead atoms. The van der Waals surface area contributed by atoms with Crippen molar-refractivity contribution in [1.29, 1.82) is 0 Å². The van der Waals surface area contributed by atoms with Gasteiger partial charge in [0.15, 0.2) is 0 Å². The van der Waals surface area contributed by atoms with Crippen LogP contribution in [0.25, 0.3) is 10.9 Å². The number of anilines is 2. The number of fused-ring (bicyclic) bond motifs is 1. The minimum Gasteiger partial charge on any atom is -0.399 e. The van der Waals surface area contributed by atoms with Gasteiger partial charge in [-0.05, 0) is 31.5 Å². The molecular weight excluding hydrogens is 252 g/mol. The summed E-state index contributed by atoms with van der Waals surface area (Å²) < 4.78 is 0. The number of rotatable bonds is 6. The molecule has 5 nitrogen and oxygen atoms in total. The molecule has 0 aliphatic carbocycles. The highest BCUT2D eigenvalue weighted by Gasteiger charge is 2.07. The van der Waals surface area contributed by atoms with Crippen LogP contribution in [0.15, 0.2) is 23.0 Å². The van der Waals surface area contributed by atoms with Gasteiger partial charge in [-0.2, -0.15) is 0 Å². The first-order valence-corrected chi connectivity index (χ1v) is 7.16. The molecule has 0 saturated heterocycles. The average Bonchev–Trinajstić information content (AvgIpc) is 2.40. The number of aromatic nitrogens is 2. The fraction of sp³-hybridized carbons (Fsp3) is 0.467. The van der Waals surface area contributed by atoms with Gasteiger partial charge in [-0.15, -0.1) is 0 Å². The number of nitrogens with two attached hydrogens (primary N) is 1. The van der Waals surface area contributed by atoms with Crippen molar-refractivity contribution in [3.63, 3.8) is 0 Å². The predicted octanol–water partition coefficient (Wildman–Crippen LogP) is 2.89. The normalized spacial score (nSPS) is 12.5. The maximum absolute atomic E-state index is 12.0. The van der Waals surface area contributed by atoms with E-state index in [9.17, 15) is 4.79 Å². The summed E-state index contributed by atoms with van der Waals surface area (Å²) in [6, 6.07) is 5.46. The molecule has 1 atom stereocenters. The van der Waals surface area contributed by atoms with E-state index in [-0.39, 0.29) is 11.6 Å². The highest BCUT2D eigenvalue weighted by molar-refractivity contribution is 5.81. The molecule has 4 N–H and O–H groups in total. The van der Waals surface area contributed by atoms with Crippen molar-refractivity contribution in [2.75, 3.05) is 11.1 Å². The van der Waals surface area contributed by atoms with Gasteiger partial charge in [-0.3, -0.25) is 9.78 Å². The Labute approximate surface area is 118 Å². The first-order valence-electron chi connectivity index (χ1n) is 7.16. The van der Waals surface area contributed by atoms with Gasteiger partial charge in [0.1, 0.15) is 0 Å². The van der Waals surface area contributed by atoms with E-state index in [0.717, 1.165) is 6.42 Å². The van der Waals surface area contributed by atoms with Gasteiger partial charge in [-0.25, -0.2) is 4.98 Å². The van der Waals surface area contributed by atoms with E-state index in [2.05, 4.69) is 29.1 Å². The van der Waals surface area contributed by atoms with Crippen molar-refractivity contribution in [1.82, 2.24) is 9.97 Å². The second-order valence-corrected chi connectivity index (χ2v) is 5.23. The molecule has 0 aliphatic heterocycles. The van der Waals surface area contributed by atoms with E-state index in [0.29, 0.717) is 22.5 Å². The summed E-state index contributed by atoms with van der Waals surface area (Å²) in [4.78, 5) is 19.2. The monoisotopic (exact) mass is 274 g/mol. The molecule has 0 spiro atoms. The van der Waals surface area contributed by atoms with Gasteiger partial charge < -0.3 is 11.1 Å². The highest BCUT2D eigenvalue weighted by atomic mass is 16.1. The van der Waals surface area contributed by atoms with Gasteiger partial charge in [0.2, 0.25) is 5.95 Å². The third-order valence-corrected chi connectivity index (χ3v) is 3.35. The summed E-state index contributed by atoms with van der Waals surface area (Å²) in [5, 5.41) is 3.77. The lowest BCUT2D eigenvalue weighted by Gasteiger charge is -2.14. The van der Waals surface area contributed by atoms with Gasteiger partial charge in [0.05, 0.1) is 10.9 Å². The summed E-state index contributed by atoms with van der Waals surface area (Å²) in [5.74, 6) is 0.524. The maximum atomic E-state index is 12.0. The molecule has 108 valence electrons. The van der Waals surface area contributed by atoms with Crippen molar-refractivity contribution in [2.24, 2.45) is 0 Å². The van der Waals surface area contributed by atoms with Crippen LogP contribution >= 0.6 is 0 Å². The van der Waals surface area contributed by atoms with Crippen molar-refractivity contribution in [3.05, 3.63) is 28.6 Å². The van der Waals surface area contributed by atoms with Crippen molar-refractivity contribution >= 4 is 22.5 Å². The predicted molar refractivity (Wildman–Crippen MR) is 84.0 cm³/mol. The Morgan fingerprint density at radius 1 is 1.40 bits per heavy atom. The van der Waals surface area contributed by atoms with Gasteiger partial charge in [0.25, 0.3) is 5.56 Å². The van der Waals surface area contributed by atoms with Crippen LogP contribution in [0.3, 0.4) is 0 Å². The topological polar surface area (TPSA) is 83.8 Å². The van der Waals surface area contributed by atoms with Crippen molar-refractivity contribution in [2.45, 2.75) is 45.6 Å². The Hall–Kier alpha value is -2.04. The smallest absolute Gasteiger partial charge is 0.260 e. The molecule has 0 fully saturated rings. The van der Waals surface area contributed by atoms with Crippen LogP contribution in [0.1, 0.15) is 39.5 Å². The Morgan fingerprint density at radius 2 is 2.20 bits per heavy atom. The lowest BCUT2D eigenvalue weighted by Crippen LogP contribution is -2.20. The Kier molecular flexibility index (Phi) is 4.61. The van der Waals surface area contributed by atoms with Gasteiger partial charge in [-0.1, -0.05) is 26.2 Å². The fourth-order valence-electron chi connectivity index (χ4n) is 2.23. The third-order valence-electron chi connectivity index (χ3n) is 3.35. The van der Waals surface area contributed by atoms with E-state index in [1.54, 1.807) is 18.2 Å². The number of aromatic amines is 1. The average molecular weight is 274 g/mol. The number of nitrogens with zero attached hydrogens (tertiary/aromatic N) is 1. The number of hydrogen-bond acceptors (Lipinski definition) is 4. The lowest BCUT2D eigenvalue weighted by molar-refractivity contribution is 0.612. The van der Waals surface area contributed by atoms with Crippen LogP contribution in [0.2, 0.25) is 0 Å². The Bertz CT molecular complexity index is 635. The number of nitrogen functional groups attached to an aromatic ring is 1. The van der Waals surface area contributed by atoms with Crippen LogP contribution in [0.4, 0.5) is 11.6 Å². The molecule has 0 radical (unpaired) electrons. The van der Waals surface area contributed by atoms with Crippen molar-refractivity contribution in [3.8, 4) is 0 Å². The third kappa shape index (κ3) is 3.50. The molecule has 5 heteroatoms. The molecule has 2 aromatic rings. The second-order valence-electron chi connectivity index (χ2n) is 5.23. The van der Waals surface area contributed by atoms with E-state index in [1.165, 1.54) is 19.3 Å². The summed E-state index contributed by atoms with van der Waals surface area (Å²) in [5.41, 5.74) is 6.75. The number of nitrogens with one attached hydrogen (secondary N) is 2. The van der Waals surface area contributed by atoms with Crippen LogP contribution < -0.4 is 16.6 Å². The van der Waals surface area contributed by atoms with E-state index < -0.39 is 0 Å². The molecule has 0 aliphatic rings. The molecule has 1 unspecified atom stereocenters. The SMILES string of the molecule is CCCCCC(C)Nc1nc2ccc(N)cc2c(=O)[nH]1. The minimum atomic E-state index is -0.162. The Balaban J connectivity index is 2.15. The summed E-state index contributed by atoms with van der Waals surface area (Å²) in [6.45, 7) is 4.29. The number of benzene rings is 1. The quantitative estimate of drug-likeness (QED) is 0.558. The largest absolute Gasteiger partial charge is 0.399 e. The Morgan fingerprint density at radius 3 is 2.95 bits per heavy atom. The lowest BCUT2D eigenvalue weighted by atomic mass is 10.1. The van der Waals surface area contributed by atoms with E-state index in [4.69, 9.17) is 5.73 Å². The van der Waals surface area contributed by atoms with Gasteiger partial charge in [0, 0.05) is 11.7 Å². The van der Waals surface area contributed by atoms with Crippen molar-refractivity contribution < 1.29 is 0 Å². The summed E-state index contributed by atoms with van der Waals surface area (Å²) in [7, 11) is 0. The number of unbranched alkanes of at least 4 members (excludes halogenated alkanes) is 2.